The molecule has 1 saturated heterocycles. The van der Waals surface area contributed by atoms with E-state index in [4.69, 9.17) is 11.6 Å². The summed E-state index contributed by atoms with van der Waals surface area (Å²) in [4.78, 5) is 25.3. The molecule has 0 aromatic heterocycles. The minimum Gasteiger partial charge on any atom is -0.331 e. The minimum absolute atomic E-state index is 0.0510. The van der Waals surface area contributed by atoms with Crippen LogP contribution in [0.1, 0.15) is 25.3 Å². The molecule has 0 radical (unpaired) electrons. The third kappa shape index (κ3) is 3.07. The van der Waals surface area contributed by atoms with Crippen molar-refractivity contribution >= 4 is 29.1 Å². The number of hydrogen-bond acceptors (Lipinski definition) is 2. The van der Waals surface area contributed by atoms with Crippen LogP contribution < -0.4 is 5.32 Å². The summed E-state index contributed by atoms with van der Waals surface area (Å²) in [5.41, 5.74) is 1.62. The third-order valence-corrected chi connectivity index (χ3v) is 3.81. The molecule has 0 saturated carbocycles. The Morgan fingerprint density at radius 3 is 2.79 bits per heavy atom. The molecule has 2 amide bonds. The van der Waals surface area contributed by atoms with Gasteiger partial charge in [0.05, 0.1) is 0 Å². The summed E-state index contributed by atoms with van der Waals surface area (Å²) in [6.45, 7) is 4.04. The number of rotatable bonds is 2. The van der Waals surface area contributed by atoms with E-state index in [1.54, 1.807) is 17.0 Å². The Labute approximate surface area is 117 Å². The highest BCUT2D eigenvalue weighted by molar-refractivity contribution is 6.31. The van der Waals surface area contributed by atoms with Gasteiger partial charge < -0.3 is 10.2 Å². The number of likely N-dealkylation sites (tertiary alicyclic amines) is 1. The summed E-state index contributed by atoms with van der Waals surface area (Å²) < 4.78 is 0. The van der Waals surface area contributed by atoms with E-state index in [9.17, 15) is 9.59 Å². The first-order valence-electron chi connectivity index (χ1n) is 6.33. The molecule has 1 aromatic rings. The fourth-order valence-corrected chi connectivity index (χ4v) is 2.48. The summed E-state index contributed by atoms with van der Waals surface area (Å²) in [7, 11) is 0. The van der Waals surface area contributed by atoms with Gasteiger partial charge in [-0.2, -0.15) is 0 Å². The number of aryl methyl sites for hydroxylation is 1. The molecule has 1 aliphatic heterocycles. The Balaban J connectivity index is 2.08. The molecule has 102 valence electrons. The molecule has 1 aliphatic rings. The standard InChI is InChI=1S/C14H17ClN2O2/c1-9-8-11(5-6-12(9)15)16-14(19)13-4-3-7-17(13)10(2)18/h5-6,8,13H,3-4,7H2,1-2H3,(H,16,19). The predicted octanol–water partition coefficient (Wildman–Crippen LogP) is 2.60. The smallest absolute Gasteiger partial charge is 0.247 e. The van der Waals surface area contributed by atoms with Gasteiger partial charge in [0, 0.05) is 24.2 Å². The third-order valence-electron chi connectivity index (χ3n) is 3.39. The molecule has 1 N–H and O–H groups in total. The highest BCUT2D eigenvalue weighted by Gasteiger charge is 2.32. The fraction of sp³-hybridized carbons (Fsp3) is 0.429. The SMILES string of the molecule is CC(=O)N1CCCC1C(=O)Nc1ccc(Cl)c(C)c1. The Bertz CT molecular complexity index is 516. The molecule has 1 fully saturated rings. The number of nitrogens with zero attached hydrogens (tertiary/aromatic N) is 1. The lowest BCUT2D eigenvalue weighted by Gasteiger charge is -2.22. The van der Waals surface area contributed by atoms with Gasteiger partial charge in [-0.15, -0.1) is 0 Å². The van der Waals surface area contributed by atoms with E-state index in [-0.39, 0.29) is 17.9 Å². The highest BCUT2D eigenvalue weighted by atomic mass is 35.5. The number of carbonyl (C=O) groups is 2. The van der Waals surface area contributed by atoms with E-state index in [1.165, 1.54) is 6.92 Å². The molecule has 0 bridgehead atoms. The van der Waals surface area contributed by atoms with Gasteiger partial charge >= 0.3 is 0 Å². The van der Waals surface area contributed by atoms with Gasteiger partial charge in [-0.05, 0) is 43.5 Å². The van der Waals surface area contributed by atoms with Gasteiger partial charge in [0.25, 0.3) is 0 Å². The normalized spacial score (nSPS) is 18.5. The van der Waals surface area contributed by atoms with Gasteiger partial charge in [0.15, 0.2) is 0 Å². The second-order valence-corrected chi connectivity index (χ2v) is 5.23. The summed E-state index contributed by atoms with van der Waals surface area (Å²) in [5.74, 6) is -0.181. The quantitative estimate of drug-likeness (QED) is 0.905. The summed E-state index contributed by atoms with van der Waals surface area (Å²) in [6, 6.07) is 4.99. The summed E-state index contributed by atoms with van der Waals surface area (Å²) >= 11 is 5.94. The van der Waals surface area contributed by atoms with E-state index < -0.39 is 0 Å². The van der Waals surface area contributed by atoms with Crippen LogP contribution in [-0.4, -0.2) is 29.3 Å². The maximum absolute atomic E-state index is 12.2. The molecule has 1 aromatic carbocycles. The number of hydrogen-bond donors (Lipinski definition) is 1. The van der Waals surface area contributed by atoms with Crippen LogP contribution in [0, 0.1) is 6.92 Å². The number of anilines is 1. The zero-order valence-corrected chi connectivity index (χ0v) is 11.8. The van der Waals surface area contributed by atoms with E-state index >= 15 is 0 Å². The Morgan fingerprint density at radius 2 is 2.16 bits per heavy atom. The fourth-order valence-electron chi connectivity index (χ4n) is 2.36. The topological polar surface area (TPSA) is 49.4 Å². The Morgan fingerprint density at radius 1 is 1.42 bits per heavy atom. The summed E-state index contributed by atoms with van der Waals surface area (Å²) in [6.07, 6.45) is 1.59. The van der Waals surface area contributed by atoms with Crippen molar-refractivity contribution < 1.29 is 9.59 Å². The van der Waals surface area contributed by atoms with Gasteiger partial charge in [0.1, 0.15) is 6.04 Å². The largest absolute Gasteiger partial charge is 0.331 e. The average molecular weight is 281 g/mol. The van der Waals surface area contributed by atoms with Crippen LogP contribution in [0.25, 0.3) is 0 Å². The zero-order valence-electron chi connectivity index (χ0n) is 11.1. The van der Waals surface area contributed by atoms with Crippen molar-refractivity contribution in [1.82, 2.24) is 4.90 Å². The van der Waals surface area contributed by atoms with Crippen LogP contribution in [0.3, 0.4) is 0 Å². The number of amides is 2. The van der Waals surface area contributed by atoms with Gasteiger partial charge in [-0.25, -0.2) is 0 Å². The Kier molecular flexibility index (Phi) is 4.10. The van der Waals surface area contributed by atoms with Gasteiger partial charge in [0.2, 0.25) is 11.8 Å². The first-order chi connectivity index (χ1) is 8.99. The molecular formula is C14H17ClN2O2. The van der Waals surface area contributed by atoms with Crippen LogP contribution in [0.4, 0.5) is 5.69 Å². The number of carbonyl (C=O) groups excluding carboxylic acids is 2. The lowest BCUT2D eigenvalue weighted by atomic mass is 10.2. The highest BCUT2D eigenvalue weighted by Crippen LogP contribution is 2.22. The van der Waals surface area contributed by atoms with E-state index in [0.29, 0.717) is 17.3 Å². The molecule has 1 heterocycles. The van der Waals surface area contributed by atoms with Crippen LogP contribution in [0.15, 0.2) is 18.2 Å². The number of nitrogens with one attached hydrogen (secondary N) is 1. The van der Waals surface area contributed by atoms with Crippen molar-refractivity contribution in [3.05, 3.63) is 28.8 Å². The van der Waals surface area contributed by atoms with Gasteiger partial charge in [-0.1, -0.05) is 11.6 Å². The summed E-state index contributed by atoms with van der Waals surface area (Å²) in [5, 5.41) is 3.52. The van der Waals surface area contributed by atoms with Crippen LogP contribution in [0.2, 0.25) is 5.02 Å². The monoisotopic (exact) mass is 280 g/mol. The molecule has 1 atom stereocenters. The van der Waals surface area contributed by atoms with Crippen LogP contribution in [-0.2, 0) is 9.59 Å². The molecule has 0 aliphatic carbocycles. The zero-order chi connectivity index (χ0) is 14.0. The molecule has 0 spiro atoms. The van der Waals surface area contributed by atoms with Crippen molar-refractivity contribution in [2.24, 2.45) is 0 Å². The van der Waals surface area contributed by atoms with E-state index in [0.717, 1.165) is 18.4 Å². The first kappa shape index (κ1) is 13.9. The van der Waals surface area contributed by atoms with Crippen LogP contribution in [0.5, 0.6) is 0 Å². The van der Waals surface area contributed by atoms with Crippen molar-refractivity contribution in [1.29, 1.82) is 0 Å². The Hall–Kier alpha value is -1.55. The van der Waals surface area contributed by atoms with Crippen molar-refractivity contribution in [2.45, 2.75) is 32.7 Å². The van der Waals surface area contributed by atoms with Crippen molar-refractivity contribution in [2.75, 3.05) is 11.9 Å². The van der Waals surface area contributed by atoms with Gasteiger partial charge in [-0.3, -0.25) is 9.59 Å². The lowest BCUT2D eigenvalue weighted by Crippen LogP contribution is -2.42. The van der Waals surface area contributed by atoms with Crippen LogP contribution >= 0.6 is 11.6 Å². The maximum atomic E-state index is 12.2. The molecule has 19 heavy (non-hydrogen) atoms. The lowest BCUT2D eigenvalue weighted by molar-refractivity contribution is -0.134. The predicted molar refractivity (Wildman–Crippen MR) is 75.2 cm³/mol. The first-order valence-corrected chi connectivity index (χ1v) is 6.71. The molecule has 2 rings (SSSR count). The molecule has 4 nitrogen and oxygen atoms in total. The van der Waals surface area contributed by atoms with E-state index in [1.807, 2.05) is 13.0 Å². The van der Waals surface area contributed by atoms with E-state index in [2.05, 4.69) is 5.32 Å². The second-order valence-electron chi connectivity index (χ2n) is 4.82. The maximum Gasteiger partial charge on any atom is 0.247 e. The molecule has 1 unspecified atom stereocenters. The minimum atomic E-state index is -0.353. The average Bonchev–Trinajstić information content (AvgIpc) is 2.83. The molecular weight excluding hydrogens is 264 g/mol. The number of halogens is 1. The van der Waals surface area contributed by atoms with Crippen molar-refractivity contribution in [3.8, 4) is 0 Å². The number of benzene rings is 1. The second kappa shape index (κ2) is 5.61. The molecule has 5 heteroatoms. The van der Waals surface area contributed by atoms with Crippen molar-refractivity contribution in [3.63, 3.8) is 0 Å².